The molecule has 0 heterocycles. The molecule has 0 aliphatic carbocycles. The van der Waals surface area contributed by atoms with Crippen LogP contribution < -0.4 is 10.6 Å². The van der Waals surface area contributed by atoms with Crippen LogP contribution >= 0.6 is 12.2 Å². The average molecular weight is 290 g/mol. The van der Waals surface area contributed by atoms with Gasteiger partial charge in [0.15, 0.2) is 0 Å². The Bertz CT molecular complexity index is 488. The second-order valence-corrected chi connectivity index (χ2v) is 4.39. The maximum absolute atomic E-state index is 12.1. The van der Waals surface area contributed by atoms with Crippen molar-refractivity contribution in [3.05, 3.63) is 29.8 Å². The molecular formula is C12H13F3N2OS. The number of carbonyl (C=O) groups excluding carboxylic acids is 1. The molecule has 1 rings (SSSR count). The van der Waals surface area contributed by atoms with Crippen molar-refractivity contribution in [2.24, 2.45) is 5.73 Å². The van der Waals surface area contributed by atoms with Crippen molar-refractivity contribution in [1.82, 2.24) is 0 Å². The molecule has 0 fully saturated rings. The number of amides is 1. The average Bonchev–Trinajstić information content (AvgIpc) is 2.34. The van der Waals surface area contributed by atoms with Gasteiger partial charge in [0.05, 0.1) is 12.1 Å². The van der Waals surface area contributed by atoms with Crippen LogP contribution in [0.5, 0.6) is 0 Å². The molecule has 0 atom stereocenters. The maximum Gasteiger partial charge on any atom is 0.389 e. The zero-order chi connectivity index (χ0) is 14.6. The summed E-state index contributed by atoms with van der Waals surface area (Å²) in [5.74, 6) is -0.638. The Labute approximate surface area is 114 Å². The number of nitrogens with two attached hydrogens (primary N) is 1. The number of para-hydroxylation sites is 1. The number of thiocarbonyl (C=S) groups is 1. The fraction of sp³-hybridized carbons (Fsp3) is 0.333. The summed E-state index contributed by atoms with van der Waals surface area (Å²) in [5, 5.41) is 0. The summed E-state index contributed by atoms with van der Waals surface area (Å²) in [5.41, 5.74) is 6.37. The lowest BCUT2D eigenvalue weighted by molar-refractivity contribution is -0.142. The van der Waals surface area contributed by atoms with Crippen LogP contribution in [0.25, 0.3) is 0 Å². The number of carbonyl (C=O) groups is 1. The number of hydrogen-bond acceptors (Lipinski definition) is 2. The van der Waals surface area contributed by atoms with E-state index in [0.29, 0.717) is 11.3 Å². The van der Waals surface area contributed by atoms with Crippen molar-refractivity contribution in [3.63, 3.8) is 0 Å². The van der Waals surface area contributed by atoms with E-state index < -0.39 is 24.9 Å². The van der Waals surface area contributed by atoms with Gasteiger partial charge in [0.2, 0.25) is 5.91 Å². The summed E-state index contributed by atoms with van der Waals surface area (Å²) >= 11 is 4.84. The number of alkyl halides is 3. The van der Waals surface area contributed by atoms with E-state index in [0.717, 1.165) is 4.90 Å². The number of halogens is 3. The van der Waals surface area contributed by atoms with Crippen LogP contribution in [0.3, 0.4) is 0 Å². The predicted octanol–water partition coefficient (Wildman–Crippen LogP) is 2.63. The van der Waals surface area contributed by atoms with Crippen LogP contribution in [-0.4, -0.2) is 24.1 Å². The Hall–Kier alpha value is -1.63. The number of anilines is 1. The summed E-state index contributed by atoms with van der Waals surface area (Å²) in [4.78, 5) is 12.9. The lowest BCUT2D eigenvalue weighted by atomic mass is 10.1. The van der Waals surface area contributed by atoms with Gasteiger partial charge in [0, 0.05) is 19.0 Å². The van der Waals surface area contributed by atoms with Gasteiger partial charge in [-0.3, -0.25) is 4.79 Å². The SMILES string of the molecule is CN(C(=O)CCC(F)(F)F)c1ccccc1C(N)=S. The minimum atomic E-state index is -4.35. The lowest BCUT2D eigenvalue weighted by Gasteiger charge is -2.20. The molecule has 1 amide bonds. The summed E-state index contributed by atoms with van der Waals surface area (Å²) in [6.07, 6.45) is -6.10. The first-order valence-corrected chi connectivity index (χ1v) is 5.85. The Morgan fingerprint density at radius 1 is 1.37 bits per heavy atom. The van der Waals surface area contributed by atoms with Crippen LogP contribution in [0, 0.1) is 0 Å². The fourth-order valence-electron chi connectivity index (χ4n) is 1.53. The van der Waals surface area contributed by atoms with Gasteiger partial charge in [-0.25, -0.2) is 0 Å². The van der Waals surface area contributed by atoms with Crippen molar-refractivity contribution in [1.29, 1.82) is 0 Å². The first-order chi connectivity index (χ1) is 8.72. The highest BCUT2D eigenvalue weighted by Gasteiger charge is 2.29. The first kappa shape index (κ1) is 15.4. The molecule has 0 unspecified atom stereocenters. The van der Waals surface area contributed by atoms with E-state index in [4.69, 9.17) is 18.0 Å². The molecule has 2 N–H and O–H groups in total. The van der Waals surface area contributed by atoms with Crippen LogP contribution in [0.1, 0.15) is 18.4 Å². The van der Waals surface area contributed by atoms with Crippen molar-refractivity contribution >= 4 is 28.8 Å². The van der Waals surface area contributed by atoms with Gasteiger partial charge in [-0.05, 0) is 12.1 Å². The Balaban J connectivity index is 2.86. The third-order valence-electron chi connectivity index (χ3n) is 2.53. The van der Waals surface area contributed by atoms with Crippen LogP contribution in [0.4, 0.5) is 18.9 Å². The molecule has 19 heavy (non-hydrogen) atoms. The smallest absolute Gasteiger partial charge is 0.389 e. The maximum atomic E-state index is 12.1. The predicted molar refractivity (Wildman–Crippen MR) is 71.0 cm³/mol. The molecule has 0 aliphatic rings. The topological polar surface area (TPSA) is 46.3 Å². The zero-order valence-corrected chi connectivity index (χ0v) is 11.0. The second kappa shape index (κ2) is 6.01. The Kier molecular flexibility index (Phi) is 4.88. The molecule has 0 saturated carbocycles. The molecule has 0 spiro atoms. The monoisotopic (exact) mass is 290 g/mol. The normalized spacial score (nSPS) is 11.2. The van der Waals surface area contributed by atoms with Crippen LogP contribution in [-0.2, 0) is 4.79 Å². The van der Waals surface area contributed by atoms with E-state index >= 15 is 0 Å². The molecule has 7 heteroatoms. The van der Waals surface area contributed by atoms with Crippen LogP contribution in [0.2, 0.25) is 0 Å². The standard InChI is InChI=1S/C12H13F3N2OS/c1-17(10(18)6-7-12(13,14)15)9-5-3-2-4-8(9)11(16)19/h2-5H,6-7H2,1H3,(H2,16,19). The van der Waals surface area contributed by atoms with E-state index in [2.05, 4.69) is 0 Å². The number of nitrogens with zero attached hydrogens (tertiary/aromatic N) is 1. The minimum Gasteiger partial charge on any atom is -0.389 e. The largest absolute Gasteiger partial charge is 0.389 e. The van der Waals surface area contributed by atoms with E-state index in [-0.39, 0.29) is 4.99 Å². The van der Waals surface area contributed by atoms with Gasteiger partial charge in [0.25, 0.3) is 0 Å². The Morgan fingerprint density at radius 3 is 2.47 bits per heavy atom. The summed E-state index contributed by atoms with van der Waals surface area (Å²) < 4.78 is 36.2. The van der Waals surface area contributed by atoms with Crippen LogP contribution in [0.15, 0.2) is 24.3 Å². The van der Waals surface area contributed by atoms with Gasteiger partial charge >= 0.3 is 6.18 Å². The summed E-state index contributed by atoms with van der Waals surface area (Å²) in [6, 6.07) is 6.54. The number of rotatable bonds is 4. The van der Waals surface area contributed by atoms with Crippen molar-refractivity contribution in [3.8, 4) is 0 Å². The molecule has 1 aromatic carbocycles. The highest BCUT2D eigenvalue weighted by molar-refractivity contribution is 7.80. The Morgan fingerprint density at radius 2 is 1.95 bits per heavy atom. The van der Waals surface area contributed by atoms with Gasteiger partial charge in [-0.15, -0.1) is 0 Å². The van der Waals surface area contributed by atoms with Gasteiger partial charge < -0.3 is 10.6 Å². The minimum absolute atomic E-state index is 0.0890. The van der Waals surface area contributed by atoms with E-state index in [1.54, 1.807) is 24.3 Å². The molecule has 3 nitrogen and oxygen atoms in total. The summed E-state index contributed by atoms with van der Waals surface area (Å²) in [7, 11) is 1.40. The lowest BCUT2D eigenvalue weighted by Crippen LogP contribution is -2.29. The quantitative estimate of drug-likeness (QED) is 0.867. The van der Waals surface area contributed by atoms with Crippen molar-refractivity contribution in [2.75, 3.05) is 11.9 Å². The molecule has 0 bridgehead atoms. The van der Waals surface area contributed by atoms with E-state index in [9.17, 15) is 18.0 Å². The van der Waals surface area contributed by atoms with Crippen molar-refractivity contribution in [2.45, 2.75) is 19.0 Å². The first-order valence-electron chi connectivity index (χ1n) is 5.44. The number of hydrogen-bond donors (Lipinski definition) is 1. The highest BCUT2D eigenvalue weighted by atomic mass is 32.1. The molecule has 0 saturated heterocycles. The van der Waals surface area contributed by atoms with Gasteiger partial charge in [-0.1, -0.05) is 24.4 Å². The van der Waals surface area contributed by atoms with Gasteiger partial charge in [0.1, 0.15) is 4.99 Å². The van der Waals surface area contributed by atoms with Gasteiger partial charge in [-0.2, -0.15) is 13.2 Å². The molecule has 0 aliphatic heterocycles. The molecule has 104 valence electrons. The zero-order valence-electron chi connectivity index (χ0n) is 10.2. The summed E-state index contributed by atoms with van der Waals surface area (Å²) in [6.45, 7) is 0. The van der Waals surface area contributed by atoms with E-state index in [1.807, 2.05) is 0 Å². The fourth-order valence-corrected chi connectivity index (χ4v) is 1.70. The van der Waals surface area contributed by atoms with E-state index in [1.165, 1.54) is 7.05 Å². The molecule has 0 aromatic heterocycles. The second-order valence-electron chi connectivity index (χ2n) is 3.95. The third kappa shape index (κ3) is 4.51. The number of benzene rings is 1. The highest BCUT2D eigenvalue weighted by Crippen LogP contribution is 2.24. The third-order valence-corrected chi connectivity index (χ3v) is 2.75. The molecule has 0 radical (unpaired) electrons. The molecule has 1 aromatic rings. The van der Waals surface area contributed by atoms with Crippen molar-refractivity contribution < 1.29 is 18.0 Å². The molecular weight excluding hydrogens is 277 g/mol.